The number of rotatable bonds is 8. The fourth-order valence-electron chi connectivity index (χ4n) is 9.41. The van der Waals surface area contributed by atoms with Gasteiger partial charge in [-0.05, 0) is 111 Å². The van der Waals surface area contributed by atoms with E-state index in [0.717, 1.165) is 43.1 Å². The molecule has 32 heavy (non-hydrogen) atoms. The van der Waals surface area contributed by atoms with Crippen molar-refractivity contribution in [2.45, 2.75) is 105 Å². The van der Waals surface area contributed by atoms with Gasteiger partial charge < -0.3 is 15.6 Å². The molecule has 0 radical (unpaired) electrons. The van der Waals surface area contributed by atoms with E-state index in [1.165, 1.54) is 57.1 Å². The van der Waals surface area contributed by atoms with Crippen LogP contribution in [0, 0.1) is 52.3 Å². The normalized spacial score (nSPS) is 47.6. The summed E-state index contributed by atoms with van der Waals surface area (Å²) in [6.45, 7) is 13.4. The number of fused-ring (bicyclic) bond motifs is 5. The van der Waals surface area contributed by atoms with Crippen molar-refractivity contribution in [3.05, 3.63) is 11.8 Å². The Morgan fingerprint density at radius 2 is 2.00 bits per heavy atom. The second-order valence-corrected chi connectivity index (χ2v) is 12.7. The Kier molecular flexibility index (Phi) is 7.38. The molecule has 0 aromatic carbocycles. The number of hydrogen-bond acceptors (Lipinski definition) is 3. The van der Waals surface area contributed by atoms with Crippen LogP contribution in [0.25, 0.3) is 0 Å². The zero-order chi connectivity index (χ0) is 23.1. The van der Waals surface area contributed by atoms with Gasteiger partial charge in [-0.15, -0.1) is 0 Å². The molecular weight excluding hydrogens is 394 g/mol. The maximum atomic E-state index is 9.33. The van der Waals surface area contributed by atoms with Crippen LogP contribution in [0.1, 0.15) is 98.8 Å². The average Bonchev–Trinajstić information content (AvgIpc) is 3.26. The molecule has 3 saturated carbocycles. The number of nitrogens with two attached hydrogens (primary N) is 1. The third-order valence-corrected chi connectivity index (χ3v) is 11.2. The molecule has 4 aliphatic rings. The van der Waals surface area contributed by atoms with Crippen LogP contribution < -0.4 is 5.73 Å². The van der Waals surface area contributed by atoms with E-state index < -0.39 is 0 Å². The van der Waals surface area contributed by atoms with Crippen LogP contribution in [0.3, 0.4) is 0 Å². The van der Waals surface area contributed by atoms with Crippen molar-refractivity contribution in [3.63, 3.8) is 0 Å². The fraction of sp³-hybridized carbons (Fsp3) is 0.931. The van der Waals surface area contributed by atoms with Crippen LogP contribution in [0.5, 0.6) is 0 Å². The van der Waals surface area contributed by atoms with Crippen LogP contribution in [0.15, 0.2) is 11.8 Å². The Hall–Kier alpha value is -0.540. The van der Waals surface area contributed by atoms with Gasteiger partial charge in [-0.3, -0.25) is 0 Å². The highest BCUT2D eigenvalue weighted by Gasteiger charge is 2.65. The quantitative estimate of drug-likeness (QED) is 0.445. The van der Waals surface area contributed by atoms with E-state index in [2.05, 4.69) is 40.7 Å². The van der Waals surface area contributed by atoms with E-state index >= 15 is 0 Å². The molecular formula is C29H51NO2. The van der Waals surface area contributed by atoms with Gasteiger partial charge in [0.15, 0.2) is 0 Å². The second-order valence-electron chi connectivity index (χ2n) is 12.7. The number of aliphatic hydroxyl groups excluding tert-OH is 1. The van der Waals surface area contributed by atoms with Gasteiger partial charge in [0.1, 0.15) is 6.10 Å². The number of hydrogen-bond donors (Lipinski definition) is 2. The lowest BCUT2D eigenvalue weighted by Gasteiger charge is -2.59. The van der Waals surface area contributed by atoms with Crippen molar-refractivity contribution in [1.82, 2.24) is 0 Å². The first-order valence-corrected chi connectivity index (χ1v) is 14.0. The monoisotopic (exact) mass is 445 g/mol. The van der Waals surface area contributed by atoms with E-state index in [1.54, 1.807) is 0 Å². The van der Waals surface area contributed by atoms with Crippen molar-refractivity contribution >= 4 is 0 Å². The molecule has 1 heterocycles. The van der Waals surface area contributed by atoms with Crippen molar-refractivity contribution in [2.75, 3.05) is 13.2 Å². The molecule has 3 nitrogen and oxygen atoms in total. The summed E-state index contributed by atoms with van der Waals surface area (Å²) in [5, 5.41) is 9.33. The molecule has 0 bridgehead atoms. The summed E-state index contributed by atoms with van der Waals surface area (Å²) in [7, 11) is 0. The third-order valence-electron chi connectivity index (χ3n) is 11.2. The molecule has 0 aromatic rings. The van der Waals surface area contributed by atoms with E-state index in [4.69, 9.17) is 10.5 Å². The van der Waals surface area contributed by atoms with Gasteiger partial charge in [0.25, 0.3) is 0 Å². The summed E-state index contributed by atoms with van der Waals surface area (Å²) < 4.78 is 6.69. The maximum Gasteiger partial charge on any atom is 0.103 e. The van der Waals surface area contributed by atoms with Gasteiger partial charge in [-0.1, -0.05) is 41.0 Å². The fourth-order valence-corrected chi connectivity index (χ4v) is 9.41. The van der Waals surface area contributed by atoms with Crippen molar-refractivity contribution < 1.29 is 9.84 Å². The van der Waals surface area contributed by atoms with Gasteiger partial charge in [0.05, 0.1) is 5.76 Å². The highest BCUT2D eigenvalue weighted by atomic mass is 16.5. The summed E-state index contributed by atoms with van der Waals surface area (Å²) in [5.41, 5.74) is 6.90. The van der Waals surface area contributed by atoms with Gasteiger partial charge in [-0.25, -0.2) is 0 Å². The molecule has 1 saturated heterocycles. The maximum absolute atomic E-state index is 9.33. The van der Waals surface area contributed by atoms with Crippen LogP contribution in [0.2, 0.25) is 0 Å². The Morgan fingerprint density at radius 1 is 1.22 bits per heavy atom. The predicted molar refractivity (Wildman–Crippen MR) is 133 cm³/mol. The summed E-state index contributed by atoms with van der Waals surface area (Å²) in [4.78, 5) is 0. The Bertz CT molecular complexity index is 676. The molecule has 4 unspecified atom stereocenters. The van der Waals surface area contributed by atoms with Crippen molar-refractivity contribution in [1.29, 1.82) is 0 Å². The Labute approximate surface area is 197 Å². The summed E-state index contributed by atoms with van der Waals surface area (Å²) in [5.74, 6) is 6.37. The average molecular weight is 446 g/mol. The lowest BCUT2D eigenvalue weighted by Crippen LogP contribution is -2.52. The molecule has 184 valence electrons. The highest BCUT2D eigenvalue weighted by Crippen LogP contribution is 2.69. The Balaban J connectivity index is 1.51. The first-order chi connectivity index (χ1) is 15.3. The molecule has 4 fully saturated rings. The van der Waals surface area contributed by atoms with E-state index in [0.29, 0.717) is 34.7 Å². The first kappa shape index (κ1) is 24.6. The number of ether oxygens (including phenoxy) is 1. The molecule has 10 atom stereocenters. The summed E-state index contributed by atoms with van der Waals surface area (Å²) >= 11 is 0. The van der Waals surface area contributed by atoms with E-state index in [1.807, 2.05) is 0 Å². The van der Waals surface area contributed by atoms with Crippen molar-refractivity contribution in [3.8, 4) is 0 Å². The standard InChI is InChI=1S/C29H51NO2/c1-6-21-11-12-22-23(28(21,4)14-8-16-30)13-15-29(5)24(22)17-26-27(29)20(3)25(32-26)10-7-9-19(2)18-31/h10,19-24,26-27,31H,6-9,11-18,30H2,1-5H3/b25-10-/t19-,20?,21-,22+,23-,24?,26?,27?,28-,29-/m0/s1. The molecule has 0 amide bonds. The largest absolute Gasteiger partial charge is 0.494 e. The molecule has 3 aliphatic carbocycles. The van der Waals surface area contributed by atoms with Gasteiger partial charge in [0, 0.05) is 18.4 Å². The van der Waals surface area contributed by atoms with E-state index in [-0.39, 0.29) is 6.61 Å². The van der Waals surface area contributed by atoms with E-state index in [9.17, 15) is 5.11 Å². The minimum atomic E-state index is 0.288. The van der Waals surface area contributed by atoms with Gasteiger partial charge >= 0.3 is 0 Å². The van der Waals surface area contributed by atoms with Gasteiger partial charge in [-0.2, -0.15) is 0 Å². The van der Waals surface area contributed by atoms with Crippen molar-refractivity contribution in [2.24, 2.45) is 58.0 Å². The Morgan fingerprint density at radius 3 is 2.69 bits per heavy atom. The molecule has 4 rings (SSSR count). The van der Waals surface area contributed by atoms with Crippen LogP contribution >= 0.6 is 0 Å². The third kappa shape index (κ3) is 3.98. The van der Waals surface area contributed by atoms with Crippen LogP contribution in [-0.4, -0.2) is 24.4 Å². The number of aliphatic hydroxyl groups is 1. The highest BCUT2D eigenvalue weighted by molar-refractivity contribution is 5.18. The molecule has 3 N–H and O–H groups in total. The molecule has 0 aromatic heterocycles. The smallest absolute Gasteiger partial charge is 0.103 e. The minimum Gasteiger partial charge on any atom is -0.494 e. The minimum absolute atomic E-state index is 0.288. The SMILES string of the molecule is CC[C@H]1CC[C@H]2C3CC4O/C(=C\CC[C@H](C)CO)C(C)C4[C@@]3(C)CC[C@@H]2[C@@]1(C)CCCN. The molecule has 0 spiro atoms. The van der Waals surface area contributed by atoms with Gasteiger partial charge in [0.2, 0.25) is 0 Å². The first-order valence-electron chi connectivity index (χ1n) is 14.0. The second kappa shape index (κ2) is 9.61. The lowest BCUT2D eigenvalue weighted by molar-refractivity contribution is -0.103. The predicted octanol–water partition coefficient (Wildman–Crippen LogP) is 6.55. The zero-order valence-electron chi connectivity index (χ0n) is 21.6. The van der Waals surface area contributed by atoms with Crippen LogP contribution in [-0.2, 0) is 4.74 Å². The zero-order valence-corrected chi connectivity index (χ0v) is 21.6. The summed E-state index contributed by atoms with van der Waals surface area (Å²) in [6.07, 6.45) is 15.7. The lowest BCUT2D eigenvalue weighted by atomic mass is 9.45. The summed E-state index contributed by atoms with van der Waals surface area (Å²) in [6, 6.07) is 0. The molecule has 1 aliphatic heterocycles. The van der Waals surface area contributed by atoms with Crippen LogP contribution in [0.4, 0.5) is 0 Å². The topological polar surface area (TPSA) is 55.5 Å². The number of allylic oxidation sites excluding steroid dienone is 2. The molecule has 3 heteroatoms.